The van der Waals surface area contributed by atoms with Crippen LogP contribution in [0.25, 0.3) is 0 Å². The molecule has 0 aliphatic rings. The van der Waals surface area contributed by atoms with E-state index in [0.29, 0.717) is 6.61 Å². The molecule has 3 heteroatoms. The normalized spacial score (nSPS) is 11.1. The molecule has 3 nitrogen and oxygen atoms in total. The van der Waals surface area contributed by atoms with E-state index in [2.05, 4.69) is 30.4 Å². The number of ether oxygens (including phenoxy) is 1. The fourth-order valence-electron chi connectivity index (χ4n) is 1.59. The highest BCUT2D eigenvalue weighted by Crippen LogP contribution is 2.19. The molecule has 0 amide bonds. The van der Waals surface area contributed by atoms with Crippen molar-refractivity contribution in [1.82, 2.24) is 5.32 Å². The van der Waals surface area contributed by atoms with Crippen LogP contribution in [0.15, 0.2) is 24.3 Å². The smallest absolute Gasteiger partial charge is 0.119 e. The minimum atomic E-state index is -0.315. The molecule has 104 valence electrons. The highest BCUT2D eigenvalue weighted by atomic mass is 16.5. The van der Waals surface area contributed by atoms with E-state index in [9.17, 15) is 0 Å². The van der Waals surface area contributed by atoms with Crippen molar-refractivity contribution in [2.24, 2.45) is 5.41 Å². The van der Waals surface area contributed by atoms with E-state index >= 15 is 0 Å². The zero-order valence-electron chi connectivity index (χ0n) is 12.2. The Morgan fingerprint density at radius 2 is 1.95 bits per heavy atom. The average molecular weight is 260 g/mol. The van der Waals surface area contributed by atoms with Gasteiger partial charge in [0.2, 0.25) is 0 Å². The lowest BCUT2D eigenvalue weighted by Crippen LogP contribution is -2.14. The second kappa shape index (κ2) is 7.81. The second-order valence-electron chi connectivity index (χ2n) is 5.41. The molecule has 0 aromatic heterocycles. The van der Waals surface area contributed by atoms with E-state index < -0.39 is 0 Å². The molecule has 1 aromatic rings. The SMILES string of the molecule is CCCNCc1ccc(OCCC(C)(C)C#N)cc1. The van der Waals surface area contributed by atoms with Gasteiger partial charge < -0.3 is 10.1 Å². The third kappa shape index (κ3) is 6.26. The van der Waals surface area contributed by atoms with E-state index in [-0.39, 0.29) is 5.41 Å². The van der Waals surface area contributed by atoms with Crippen LogP contribution in [0.1, 0.15) is 39.2 Å². The van der Waals surface area contributed by atoms with Gasteiger partial charge in [-0.2, -0.15) is 5.26 Å². The van der Waals surface area contributed by atoms with Gasteiger partial charge in [-0.3, -0.25) is 0 Å². The Kier molecular flexibility index (Phi) is 6.38. The second-order valence-corrected chi connectivity index (χ2v) is 5.41. The van der Waals surface area contributed by atoms with Crippen molar-refractivity contribution >= 4 is 0 Å². The van der Waals surface area contributed by atoms with Gasteiger partial charge in [-0.15, -0.1) is 0 Å². The Balaban J connectivity index is 2.34. The standard InChI is InChI=1S/C16H24N2O/c1-4-10-18-12-14-5-7-15(8-6-14)19-11-9-16(2,3)13-17/h5-8,18H,4,9-12H2,1-3H3. The molecular weight excluding hydrogens is 236 g/mol. The van der Waals surface area contributed by atoms with E-state index in [1.165, 1.54) is 5.56 Å². The molecule has 0 saturated heterocycles. The first kappa shape index (κ1) is 15.5. The van der Waals surface area contributed by atoms with Gasteiger partial charge in [0, 0.05) is 6.54 Å². The van der Waals surface area contributed by atoms with E-state index in [0.717, 1.165) is 31.7 Å². The molecule has 0 fully saturated rings. The van der Waals surface area contributed by atoms with Crippen molar-refractivity contribution in [2.45, 2.75) is 40.2 Å². The maximum atomic E-state index is 8.92. The maximum absolute atomic E-state index is 8.92. The molecule has 0 saturated carbocycles. The van der Waals surface area contributed by atoms with E-state index in [4.69, 9.17) is 10.00 Å². The quantitative estimate of drug-likeness (QED) is 0.728. The van der Waals surface area contributed by atoms with Crippen LogP contribution in [-0.2, 0) is 6.54 Å². The van der Waals surface area contributed by atoms with Crippen LogP contribution in [0.5, 0.6) is 5.75 Å². The summed E-state index contributed by atoms with van der Waals surface area (Å²) in [6, 6.07) is 10.4. The van der Waals surface area contributed by atoms with Gasteiger partial charge in [0.25, 0.3) is 0 Å². The first-order valence-electron chi connectivity index (χ1n) is 6.91. The largest absolute Gasteiger partial charge is 0.494 e. The molecule has 1 rings (SSSR count). The van der Waals surface area contributed by atoms with Crippen LogP contribution in [0.4, 0.5) is 0 Å². The van der Waals surface area contributed by atoms with Crippen molar-refractivity contribution in [1.29, 1.82) is 5.26 Å². The molecule has 0 bridgehead atoms. The van der Waals surface area contributed by atoms with Gasteiger partial charge >= 0.3 is 0 Å². The number of nitrogens with zero attached hydrogens (tertiary/aromatic N) is 1. The predicted octanol–water partition coefficient (Wildman–Crippen LogP) is 3.50. The molecule has 1 aromatic carbocycles. The van der Waals surface area contributed by atoms with Gasteiger partial charge in [0.05, 0.1) is 18.1 Å². The number of nitrogens with one attached hydrogen (secondary N) is 1. The van der Waals surface area contributed by atoms with Gasteiger partial charge in [0.1, 0.15) is 5.75 Å². The van der Waals surface area contributed by atoms with Crippen LogP contribution in [0.2, 0.25) is 0 Å². The lowest BCUT2D eigenvalue weighted by Gasteiger charge is -2.15. The van der Waals surface area contributed by atoms with Crippen LogP contribution >= 0.6 is 0 Å². The van der Waals surface area contributed by atoms with Crippen LogP contribution in [-0.4, -0.2) is 13.2 Å². The summed E-state index contributed by atoms with van der Waals surface area (Å²) in [7, 11) is 0. The van der Waals surface area contributed by atoms with Crippen molar-refractivity contribution in [3.63, 3.8) is 0 Å². The number of benzene rings is 1. The lowest BCUT2D eigenvalue weighted by atomic mass is 9.92. The van der Waals surface area contributed by atoms with Crippen molar-refractivity contribution in [2.75, 3.05) is 13.2 Å². The summed E-state index contributed by atoms with van der Waals surface area (Å²) >= 11 is 0. The number of hydrogen-bond donors (Lipinski definition) is 1. The van der Waals surface area contributed by atoms with Gasteiger partial charge in [0.15, 0.2) is 0 Å². The van der Waals surface area contributed by atoms with Crippen molar-refractivity contribution in [3.05, 3.63) is 29.8 Å². The van der Waals surface area contributed by atoms with Gasteiger partial charge in [-0.1, -0.05) is 19.1 Å². The molecule has 0 heterocycles. The summed E-state index contributed by atoms with van der Waals surface area (Å²) in [5, 5.41) is 12.3. The topological polar surface area (TPSA) is 45.0 Å². The first-order chi connectivity index (χ1) is 9.07. The fourth-order valence-corrected chi connectivity index (χ4v) is 1.59. The number of rotatable bonds is 8. The van der Waals surface area contributed by atoms with Crippen molar-refractivity contribution in [3.8, 4) is 11.8 Å². The molecule has 0 spiro atoms. The lowest BCUT2D eigenvalue weighted by molar-refractivity contribution is 0.264. The summed E-state index contributed by atoms with van der Waals surface area (Å²) < 4.78 is 5.65. The van der Waals surface area contributed by atoms with Crippen LogP contribution in [0.3, 0.4) is 0 Å². The molecule has 0 radical (unpaired) electrons. The average Bonchev–Trinajstić information content (AvgIpc) is 2.41. The summed E-state index contributed by atoms with van der Waals surface area (Å²) in [5.74, 6) is 0.869. The van der Waals surface area contributed by atoms with Crippen molar-refractivity contribution < 1.29 is 4.74 Å². The van der Waals surface area contributed by atoms with Crippen LogP contribution in [0, 0.1) is 16.7 Å². The summed E-state index contributed by atoms with van der Waals surface area (Å²) in [5.41, 5.74) is 0.947. The Labute approximate surface area is 116 Å². The van der Waals surface area contributed by atoms with E-state index in [1.807, 2.05) is 26.0 Å². The summed E-state index contributed by atoms with van der Waals surface area (Å²) in [6.07, 6.45) is 1.89. The maximum Gasteiger partial charge on any atom is 0.119 e. The third-order valence-electron chi connectivity index (χ3n) is 2.98. The Morgan fingerprint density at radius 3 is 2.53 bits per heavy atom. The molecule has 19 heavy (non-hydrogen) atoms. The Hall–Kier alpha value is -1.53. The zero-order chi connectivity index (χ0) is 14.1. The minimum Gasteiger partial charge on any atom is -0.494 e. The highest BCUT2D eigenvalue weighted by molar-refractivity contribution is 5.27. The first-order valence-corrected chi connectivity index (χ1v) is 6.91. The van der Waals surface area contributed by atoms with Gasteiger partial charge in [-0.05, 0) is 50.9 Å². The zero-order valence-corrected chi connectivity index (χ0v) is 12.2. The Morgan fingerprint density at radius 1 is 1.26 bits per heavy atom. The molecule has 0 unspecified atom stereocenters. The van der Waals surface area contributed by atoms with E-state index in [1.54, 1.807) is 0 Å². The summed E-state index contributed by atoms with van der Waals surface area (Å²) in [4.78, 5) is 0. The minimum absolute atomic E-state index is 0.315. The highest BCUT2D eigenvalue weighted by Gasteiger charge is 2.16. The number of hydrogen-bond acceptors (Lipinski definition) is 3. The molecule has 0 aliphatic carbocycles. The third-order valence-corrected chi connectivity index (χ3v) is 2.98. The van der Waals surface area contributed by atoms with Crippen LogP contribution < -0.4 is 10.1 Å². The monoisotopic (exact) mass is 260 g/mol. The fraction of sp³-hybridized carbons (Fsp3) is 0.562. The molecule has 1 N–H and O–H groups in total. The molecule has 0 aliphatic heterocycles. The predicted molar refractivity (Wildman–Crippen MR) is 77.9 cm³/mol. The molecule has 0 atom stereocenters. The Bertz CT molecular complexity index is 404. The summed E-state index contributed by atoms with van der Waals surface area (Å²) in [6.45, 7) is 8.54. The van der Waals surface area contributed by atoms with Gasteiger partial charge in [-0.25, -0.2) is 0 Å². The number of nitriles is 1. The molecular formula is C16H24N2O.